The van der Waals surface area contributed by atoms with Gasteiger partial charge < -0.3 is 9.47 Å². The number of methoxy groups -OCH3 is 1. The number of carbonyl (C=O) groups is 1. The molecule has 0 spiro atoms. The lowest BCUT2D eigenvalue weighted by Crippen LogP contribution is -2.36. The minimum atomic E-state index is -4.50. The fourth-order valence-corrected chi connectivity index (χ4v) is 3.63. The number of sulfonamides is 1. The largest absolute Gasteiger partial charge is 0.494 e. The molecule has 2 rings (SSSR count). The number of hydrogen-bond acceptors (Lipinski definition) is 5. The van der Waals surface area contributed by atoms with Crippen molar-refractivity contribution in [2.24, 2.45) is 0 Å². The third kappa shape index (κ3) is 4.51. The summed E-state index contributed by atoms with van der Waals surface area (Å²) in [5, 5.41) is 0. The zero-order chi connectivity index (χ0) is 20.2. The molecule has 6 nitrogen and oxygen atoms in total. The van der Waals surface area contributed by atoms with Crippen LogP contribution >= 0.6 is 0 Å². The van der Waals surface area contributed by atoms with Crippen LogP contribution in [0, 0.1) is 17.5 Å². The molecule has 0 aliphatic rings. The third-order valence-electron chi connectivity index (χ3n) is 3.48. The maximum absolute atomic E-state index is 13.9. The van der Waals surface area contributed by atoms with Crippen molar-refractivity contribution in [1.82, 2.24) is 0 Å². The summed E-state index contributed by atoms with van der Waals surface area (Å²) in [4.78, 5) is 11.3. The van der Waals surface area contributed by atoms with Crippen LogP contribution in [0.1, 0.15) is 6.92 Å². The van der Waals surface area contributed by atoms with Crippen LogP contribution in [0.25, 0.3) is 0 Å². The van der Waals surface area contributed by atoms with Crippen LogP contribution in [0.2, 0.25) is 0 Å². The second-order valence-corrected chi connectivity index (χ2v) is 7.07. The lowest BCUT2D eigenvalue weighted by molar-refractivity contribution is -0.141. The summed E-state index contributed by atoms with van der Waals surface area (Å²) < 4.78 is 76.5. The Balaban J connectivity index is 2.55. The highest BCUT2D eigenvalue weighted by molar-refractivity contribution is 7.92. The molecule has 10 heteroatoms. The van der Waals surface area contributed by atoms with E-state index in [1.54, 1.807) is 0 Å². The number of ether oxygens (including phenoxy) is 2. The minimum absolute atomic E-state index is 0.0122. The van der Waals surface area contributed by atoms with E-state index in [1.807, 2.05) is 0 Å². The molecule has 0 atom stereocenters. The summed E-state index contributed by atoms with van der Waals surface area (Å²) in [5.41, 5.74) is -0.321. The van der Waals surface area contributed by atoms with E-state index in [-0.39, 0.29) is 18.0 Å². The predicted octanol–water partition coefficient (Wildman–Crippen LogP) is 2.87. The van der Waals surface area contributed by atoms with Gasteiger partial charge in [-0.2, -0.15) is 0 Å². The summed E-state index contributed by atoms with van der Waals surface area (Å²) in [6, 6.07) is 5.17. The maximum Gasteiger partial charge on any atom is 0.326 e. The van der Waals surface area contributed by atoms with E-state index in [0.29, 0.717) is 22.5 Å². The Labute approximate surface area is 154 Å². The number of halogens is 3. The normalized spacial score (nSPS) is 11.1. The van der Waals surface area contributed by atoms with E-state index in [1.165, 1.54) is 14.0 Å². The summed E-state index contributed by atoms with van der Waals surface area (Å²) in [6.45, 7) is 0.698. The van der Waals surface area contributed by atoms with Gasteiger partial charge in [0.1, 0.15) is 6.54 Å². The van der Waals surface area contributed by atoms with Crippen LogP contribution in [0.15, 0.2) is 41.3 Å². The standard InChI is InChI=1S/C17H16F3NO5S/c1-3-26-17(22)10-21(11-4-6-13(18)14(19)8-11)27(23,24)12-5-7-16(25-2)15(20)9-12/h4-9H,3,10H2,1-2H3. The first-order valence-electron chi connectivity index (χ1n) is 7.67. The molecule has 0 unspecified atom stereocenters. The number of rotatable bonds is 7. The Hall–Kier alpha value is -2.75. The zero-order valence-electron chi connectivity index (χ0n) is 14.4. The van der Waals surface area contributed by atoms with Gasteiger partial charge >= 0.3 is 5.97 Å². The van der Waals surface area contributed by atoms with E-state index in [0.717, 1.165) is 18.2 Å². The Morgan fingerprint density at radius 1 is 1.04 bits per heavy atom. The lowest BCUT2D eigenvalue weighted by atomic mass is 10.3. The second kappa shape index (κ2) is 8.30. The van der Waals surface area contributed by atoms with Gasteiger partial charge in [-0.05, 0) is 37.3 Å². The van der Waals surface area contributed by atoms with Crippen molar-refractivity contribution < 1.29 is 35.9 Å². The van der Waals surface area contributed by atoms with Crippen LogP contribution in [-0.2, 0) is 19.6 Å². The van der Waals surface area contributed by atoms with Gasteiger partial charge in [0.2, 0.25) is 0 Å². The minimum Gasteiger partial charge on any atom is -0.494 e. The molecule has 0 amide bonds. The molecule has 0 N–H and O–H groups in total. The Morgan fingerprint density at radius 3 is 2.30 bits per heavy atom. The molecule has 0 aliphatic carbocycles. The first kappa shape index (κ1) is 20.6. The van der Waals surface area contributed by atoms with Crippen molar-refractivity contribution in [3.05, 3.63) is 53.8 Å². The van der Waals surface area contributed by atoms with E-state index in [9.17, 15) is 26.4 Å². The van der Waals surface area contributed by atoms with Crippen LogP contribution in [0.4, 0.5) is 18.9 Å². The van der Waals surface area contributed by atoms with Crippen molar-refractivity contribution >= 4 is 21.7 Å². The lowest BCUT2D eigenvalue weighted by Gasteiger charge is -2.24. The Morgan fingerprint density at radius 2 is 1.74 bits per heavy atom. The maximum atomic E-state index is 13.9. The van der Waals surface area contributed by atoms with Gasteiger partial charge in [0.05, 0.1) is 24.3 Å². The molecule has 0 aliphatic heterocycles. The molecular weight excluding hydrogens is 387 g/mol. The van der Waals surface area contributed by atoms with Gasteiger partial charge in [0, 0.05) is 6.07 Å². The van der Waals surface area contributed by atoms with E-state index in [4.69, 9.17) is 9.47 Å². The molecule has 0 fully saturated rings. The highest BCUT2D eigenvalue weighted by atomic mass is 32.2. The Kier molecular flexibility index (Phi) is 6.32. The topological polar surface area (TPSA) is 72.9 Å². The SMILES string of the molecule is CCOC(=O)CN(c1ccc(F)c(F)c1)S(=O)(=O)c1ccc(OC)c(F)c1. The quantitative estimate of drug-likeness (QED) is 0.665. The molecule has 2 aromatic rings. The van der Waals surface area contributed by atoms with Crippen LogP contribution in [0.5, 0.6) is 5.75 Å². The summed E-state index contributed by atoms with van der Waals surface area (Å²) >= 11 is 0. The zero-order valence-corrected chi connectivity index (χ0v) is 15.2. The summed E-state index contributed by atoms with van der Waals surface area (Å²) in [5.74, 6) is -4.54. The van der Waals surface area contributed by atoms with Gasteiger partial charge in [0.25, 0.3) is 10.0 Å². The highest BCUT2D eigenvalue weighted by Crippen LogP contribution is 2.28. The fourth-order valence-electron chi connectivity index (χ4n) is 2.21. The van der Waals surface area contributed by atoms with Crippen molar-refractivity contribution in [3.63, 3.8) is 0 Å². The number of nitrogens with zero attached hydrogens (tertiary/aromatic N) is 1. The van der Waals surface area contributed by atoms with E-state index in [2.05, 4.69) is 0 Å². The third-order valence-corrected chi connectivity index (χ3v) is 5.25. The molecule has 0 saturated carbocycles. The van der Waals surface area contributed by atoms with Gasteiger partial charge in [-0.15, -0.1) is 0 Å². The highest BCUT2D eigenvalue weighted by Gasteiger charge is 2.29. The summed E-state index contributed by atoms with van der Waals surface area (Å²) in [6.07, 6.45) is 0. The van der Waals surface area contributed by atoms with E-state index >= 15 is 0 Å². The number of esters is 1. The number of hydrogen-bond donors (Lipinski definition) is 0. The molecule has 27 heavy (non-hydrogen) atoms. The molecule has 0 bridgehead atoms. The molecule has 0 heterocycles. The molecule has 0 radical (unpaired) electrons. The van der Waals surface area contributed by atoms with Crippen LogP contribution in [-0.4, -0.2) is 34.6 Å². The Bertz CT molecular complexity index is 950. The van der Waals surface area contributed by atoms with E-state index < -0.39 is 44.9 Å². The van der Waals surface area contributed by atoms with Gasteiger partial charge in [0.15, 0.2) is 23.2 Å². The first-order chi connectivity index (χ1) is 12.7. The van der Waals surface area contributed by atoms with Crippen molar-refractivity contribution in [3.8, 4) is 5.75 Å². The molecule has 146 valence electrons. The molecule has 2 aromatic carbocycles. The monoisotopic (exact) mass is 403 g/mol. The number of benzene rings is 2. The van der Waals surface area contributed by atoms with Crippen molar-refractivity contribution in [2.45, 2.75) is 11.8 Å². The second-order valence-electron chi connectivity index (χ2n) is 5.21. The molecule has 0 aromatic heterocycles. The predicted molar refractivity (Wildman–Crippen MR) is 90.5 cm³/mol. The van der Waals surface area contributed by atoms with Crippen LogP contribution < -0.4 is 9.04 Å². The fraction of sp³-hybridized carbons (Fsp3) is 0.235. The van der Waals surface area contributed by atoms with Crippen molar-refractivity contribution in [2.75, 3.05) is 24.6 Å². The number of anilines is 1. The molecule has 0 saturated heterocycles. The molecular formula is C17H16F3NO5S. The van der Waals surface area contributed by atoms with Crippen LogP contribution in [0.3, 0.4) is 0 Å². The first-order valence-corrected chi connectivity index (χ1v) is 9.11. The smallest absolute Gasteiger partial charge is 0.326 e. The summed E-state index contributed by atoms with van der Waals surface area (Å²) in [7, 11) is -3.29. The van der Waals surface area contributed by atoms with Gasteiger partial charge in [-0.25, -0.2) is 21.6 Å². The van der Waals surface area contributed by atoms with Gasteiger partial charge in [-0.1, -0.05) is 0 Å². The van der Waals surface area contributed by atoms with Crippen molar-refractivity contribution in [1.29, 1.82) is 0 Å². The average molecular weight is 403 g/mol. The average Bonchev–Trinajstić information content (AvgIpc) is 2.62. The number of carbonyl (C=O) groups excluding carboxylic acids is 1. The van der Waals surface area contributed by atoms with Gasteiger partial charge in [-0.3, -0.25) is 9.10 Å².